The van der Waals surface area contributed by atoms with Crippen molar-refractivity contribution < 1.29 is 25.9 Å². The van der Waals surface area contributed by atoms with Crippen LogP contribution in [0.15, 0.2) is 60.7 Å². The number of unbranched alkanes of at least 4 members (excludes halogenated alkanes) is 2. The minimum absolute atomic E-state index is 0.199. The van der Waals surface area contributed by atoms with Crippen LogP contribution in [0, 0.1) is 0 Å². The fourth-order valence-corrected chi connectivity index (χ4v) is 10.4. The van der Waals surface area contributed by atoms with Gasteiger partial charge in [0.2, 0.25) is 0 Å². The van der Waals surface area contributed by atoms with Crippen LogP contribution in [0.1, 0.15) is 25.7 Å². The van der Waals surface area contributed by atoms with Crippen molar-refractivity contribution in [1.82, 2.24) is 0 Å². The molecule has 32 heavy (non-hydrogen) atoms. The van der Waals surface area contributed by atoms with Crippen LogP contribution < -0.4 is 10.6 Å². The molecule has 0 aliphatic heterocycles. The molecule has 2 aromatic rings. The zero-order chi connectivity index (χ0) is 23.5. The van der Waals surface area contributed by atoms with E-state index in [1.807, 2.05) is 36.4 Å². The molecule has 0 heterocycles. The average molecular weight is 519 g/mol. The molecule has 178 valence electrons. The molecule has 2 aromatic carbocycles. The Labute approximate surface area is 194 Å². The summed E-state index contributed by atoms with van der Waals surface area (Å²) in [5, 5.41) is 2.59. The van der Waals surface area contributed by atoms with E-state index >= 15 is 0 Å². The van der Waals surface area contributed by atoms with E-state index in [9.17, 15) is 16.8 Å². The first kappa shape index (κ1) is 27.4. The fraction of sp³-hybridized carbons (Fsp3) is 0.455. The Bertz CT molecular complexity index is 916. The summed E-state index contributed by atoms with van der Waals surface area (Å²) in [6, 6.07) is 20.6. The van der Waals surface area contributed by atoms with E-state index in [1.54, 1.807) is 0 Å². The van der Waals surface area contributed by atoms with Crippen molar-refractivity contribution in [2.24, 2.45) is 0 Å². The van der Waals surface area contributed by atoms with E-state index in [-0.39, 0.29) is 11.5 Å². The van der Waals surface area contributed by atoms with Gasteiger partial charge in [0, 0.05) is 0 Å². The minimum Gasteiger partial charge on any atom is -0.286 e. The van der Waals surface area contributed by atoms with Crippen molar-refractivity contribution in [3.05, 3.63) is 60.7 Å². The standard InChI is InChI=1S/C22H32O6P2S2/c23-31(24,25)19-9-7-15-29(21-11-3-1-4-12-21)17-18-30(22-13-5-2-6-14-22)16-8-10-20-32(26,27)28/h1-6,11-14H,7-10,15-20H2,(H,23,24,25)(H,26,27,28). The van der Waals surface area contributed by atoms with Crippen LogP contribution in [-0.2, 0) is 20.2 Å². The molecule has 0 radical (unpaired) electrons. The minimum atomic E-state index is -3.92. The predicted octanol–water partition coefficient (Wildman–Crippen LogP) is 3.94. The van der Waals surface area contributed by atoms with Gasteiger partial charge in [-0.25, -0.2) is 0 Å². The Balaban J connectivity index is 2.02. The Kier molecular flexibility index (Phi) is 11.7. The molecule has 0 bridgehead atoms. The van der Waals surface area contributed by atoms with Crippen molar-refractivity contribution in [1.29, 1.82) is 0 Å². The smallest absolute Gasteiger partial charge is 0.264 e. The van der Waals surface area contributed by atoms with Crippen LogP contribution >= 0.6 is 15.8 Å². The van der Waals surface area contributed by atoms with Crippen molar-refractivity contribution in [3.8, 4) is 0 Å². The van der Waals surface area contributed by atoms with Crippen LogP contribution in [-0.4, -0.2) is 62.1 Å². The largest absolute Gasteiger partial charge is 0.286 e. The normalized spacial score (nSPS) is 14.2. The van der Waals surface area contributed by atoms with Crippen molar-refractivity contribution in [2.75, 3.05) is 36.2 Å². The summed E-state index contributed by atoms with van der Waals surface area (Å²) in [6.07, 6.45) is 6.26. The molecule has 2 atom stereocenters. The first-order valence-electron chi connectivity index (χ1n) is 10.6. The maximum atomic E-state index is 11.0. The number of hydrogen-bond donors (Lipinski definition) is 2. The van der Waals surface area contributed by atoms with Gasteiger partial charge in [-0.05, 0) is 60.9 Å². The lowest BCUT2D eigenvalue weighted by atomic mass is 10.4. The Morgan fingerprint density at radius 3 is 1.19 bits per heavy atom. The van der Waals surface area contributed by atoms with Crippen molar-refractivity contribution in [3.63, 3.8) is 0 Å². The molecule has 0 aliphatic carbocycles. The number of benzene rings is 2. The highest BCUT2D eigenvalue weighted by molar-refractivity contribution is 7.86. The van der Waals surface area contributed by atoms with Crippen LogP contribution in [0.5, 0.6) is 0 Å². The highest BCUT2D eigenvalue weighted by Crippen LogP contribution is 2.43. The molecule has 2 rings (SSSR count). The first-order chi connectivity index (χ1) is 15.1. The molecule has 0 spiro atoms. The fourth-order valence-electron chi connectivity index (χ4n) is 3.43. The first-order valence-corrected chi connectivity index (χ1v) is 17.3. The number of hydrogen-bond acceptors (Lipinski definition) is 4. The molecule has 0 aromatic heterocycles. The maximum absolute atomic E-state index is 11.0. The van der Waals surface area contributed by atoms with Gasteiger partial charge >= 0.3 is 0 Å². The van der Waals surface area contributed by atoms with Gasteiger partial charge in [-0.15, -0.1) is 0 Å². The summed E-state index contributed by atoms with van der Waals surface area (Å²) in [5.74, 6) is -0.398. The third-order valence-corrected chi connectivity index (χ3v) is 12.3. The van der Waals surface area contributed by atoms with Crippen LogP contribution in [0.4, 0.5) is 0 Å². The Morgan fingerprint density at radius 1 is 0.531 bits per heavy atom. The molecular weight excluding hydrogens is 486 g/mol. The quantitative estimate of drug-likeness (QED) is 0.210. The third-order valence-electron chi connectivity index (χ3n) is 5.04. The van der Waals surface area contributed by atoms with Crippen LogP contribution in [0.25, 0.3) is 0 Å². The van der Waals surface area contributed by atoms with E-state index < -0.39 is 36.1 Å². The van der Waals surface area contributed by atoms with Gasteiger partial charge in [-0.3, -0.25) is 9.11 Å². The van der Waals surface area contributed by atoms with Gasteiger partial charge in [0.25, 0.3) is 20.2 Å². The van der Waals surface area contributed by atoms with Gasteiger partial charge in [-0.1, -0.05) is 76.5 Å². The Morgan fingerprint density at radius 2 is 0.875 bits per heavy atom. The summed E-state index contributed by atoms with van der Waals surface area (Å²) < 4.78 is 62.0. The zero-order valence-corrected chi connectivity index (χ0v) is 21.5. The highest BCUT2D eigenvalue weighted by atomic mass is 32.2. The SMILES string of the molecule is O=S(=O)(O)CCCCP(CCP(CCCCS(=O)(=O)O)c1ccccc1)c1ccccc1. The van der Waals surface area contributed by atoms with E-state index in [4.69, 9.17) is 9.11 Å². The van der Waals surface area contributed by atoms with Gasteiger partial charge in [-0.2, -0.15) is 16.8 Å². The van der Waals surface area contributed by atoms with Gasteiger partial charge in [0.15, 0.2) is 0 Å². The molecule has 10 heteroatoms. The average Bonchev–Trinajstić information content (AvgIpc) is 2.74. The molecule has 0 aliphatic rings. The summed E-state index contributed by atoms with van der Waals surface area (Å²) >= 11 is 0. The van der Waals surface area contributed by atoms with E-state index in [0.29, 0.717) is 12.8 Å². The monoisotopic (exact) mass is 518 g/mol. The van der Waals surface area contributed by atoms with Crippen LogP contribution in [0.3, 0.4) is 0 Å². The van der Waals surface area contributed by atoms with Gasteiger partial charge < -0.3 is 0 Å². The van der Waals surface area contributed by atoms with Crippen molar-refractivity contribution in [2.45, 2.75) is 25.7 Å². The second-order valence-electron chi connectivity index (χ2n) is 7.63. The Hall–Kier alpha value is -0.880. The zero-order valence-electron chi connectivity index (χ0n) is 18.1. The molecule has 0 fully saturated rings. The second kappa shape index (κ2) is 13.7. The molecule has 2 unspecified atom stereocenters. The molecule has 6 nitrogen and oxygen atoms in total. The molecular formula is C22H32O6P2S2. The topological polar surface area (TPSA) is 109 Å². The molecule has 0 amide bonds. The van der Waals surface area contributed by atoms with Gasteiger partial charge in [0.05, 0.1) is 11.5 Å². The third kappa shape index (κ3) is 11.8. The lowest BCUT2D eigenvalue weighted by molar-refractivity contribution is 0.478. The lowest BCUT2D eigenvalue weighted by Gasteiger charge is -2.23. The maximum Gasteiger partial charge on any atom is 0.264 e. The van der Waals surface area contributed by atoms with Crippen LogP contribution in [0.2, 0.25) is 0 Å². The van der Waals surface area contributed by atoms with Crippen molar-refractivity contribution >= 4 is 46.7 Å². The summed E-state index contributed by atoms with van der Waals surface area (Å²) in [6.45, 7) is 0. The summed E-state index contributed by atoms with van der Waals surface area (Å²) in [4.78, 5) is 0. The number of rotatable bonds is 15. The highest BCUT2D eigenvalue weighted by Gasteiger charge is 2.17. The molecule has 2 N–H and O–H groups in total. The molecule has 0 saturated heterocycles. The predicted molar refractivity (Wildman–Crippen MR) is 137 cm³/mol. The summed E-state index contributed by atoms with van der Waals surface area (Å²) in [7, 11) is -8.76. The van der Waals surface area contributed by atoms with E-state index in [0.717, 1.165) is 37.5 Å². The van der Waals surface area contributed by atoms with E-state index in [1.165, 1.54) is 10.6 Å². The lowest BCUT2D eigenvalue weighted by Crippen LogP contribution is -2.13. The van der Waals surface area contributed by atoms with E-state index in [2.05, 4.69) is 24.3 Å². The van der Waals surface area contributed by atoms with Gasteiger partial charge in [0.1, 0.15) is 0 Å². The molecule has 0 saturated carbocycles. The summed E-state index contributed by atoms with van der Waals surface area (Å²) in [5.41, 5.74) is 0. The second-order valence-corrected chi connectivity index (χ2v) is 15.8.